The van der Waals surface area contributed by atoms with Crippen LogP contribution in [0.4, 0.5) is 0 Å². The third-order valence-electron chi connectivity index (χ3n) is 14.3. The molecule has 2 aliphatic rings. The number of nitrogens with zero attached hydrogens (tertiary/aromatic N) is 2. The summed E-state index contributed by atoms with van der Waals surface area (Å²) in [4.78, 5) is 33.8. The number of para-hydroxylation sites is 3. The summed E-state index contributed by atoms with van der Waals surface area (Å²) in [6, 6.07) is 49.0. The predicted octanol–water partition coefficient (Wildman–Crippen LogP) is 16.6. The first kappa shape index (κ1) is 50.9. The molecule has 0 bridgehead atoms. The van der Waals surface area contributed by atoms with Gasteiger partial charge in [0.25, 0.3) is 0 Å². The molecule has 0 N–H and O–H groups in total. The maximum atomic E-state index is 11.7. The zero-order valence-corrected chi connectivity index (χ0v) is 44.6. The van der Waals surface area contributed by atoms with Gasteiger partial charge in [0.15, 0.2) is 0 Å². The van der Waals surface area contributed by atoms with Gasteiger partial charge in [0.2, 0.25) is 0 Å². The molecule has 0 fully saturated rings. The fourth-order valence-corrected chi connectivity index (χ4v) is 11.9. The second kappa shape index (κ2) is 22.4. The molecule has 10 rings (SSSR count). The van der Waals surface area contributed by atoms with Crippen LogP contribution in [0.15, 0.2) is 163 Å². The fraction of sp³-hybridized carbons (Fsp3) is 0.286. The third kappa shape index (κ3) is 11.2. The topological polar surface area (TPSA) is 88.9 Å². The molecule has 0 aliphatic carbocycles. The number of carbonyl (C=O) groups is 2. The van der Waals surface area contributed by atoms with E-state index in [0.717, 1.165) is 73.0 Å². The summed E-state index contributed by atoms with van der Waals surface area (Å²) in [5, 5.41) is 0. The van der Waals surface area contributed by atoms with E-state index in [0.29, 0.717) is 25.7 Å². The van der Waals surface area contributed by atoms with Crippen LogP contribution in [0.25, 0.3) is 59.4 Å². The van der Waals surface area contributed by atoms with Crippen molar-refractivity contribution in [2.75, 3.05) is 14.2 Å². The van der Waals surface area contributed by atoms with Crippen LogP contribution in [-0.2, 0) is 36.3 Å². The summed E-state index contributed by atoms with van der Waals surface area (Å²) in [6.07, 6.45) is 11.9. The molecular formula is C63H64N2O6S2. The molecule has 374 valence electrons. The number of esters is 2. The van der Waals surface area contributed by atoms with Gasteiger partial charge in [-0.15, -0.1) is 22.7 Å². The largest absolute Gasteiger partial charge is 0.469 e. The van der Waals surface area contributed by atoms with Crippen LogP contribution in [0.1, 0.15) is 102 Å². The minimum atomic E-state index is -0.266. The summed E-state index contributed by atoms with van der Waals surface area (Å²) in [7, 11) is 2.85. The lowest BCUT2D eigenvalue weighted by Crippen LogP contribution is -2.25. The van der Waals surface area contributed by atoms with Crippen LogP contribution >= 0.6 is 22.7 Å². The molecule has 3 aromatic heterocycles. The Labute approximate surface area is 438 Å². The molecular weight excluding hydrogens is 945 g/mol. The number of rotatable bonds is 16. The smallest absolute Gasteiger partial charge is 0.305 e. The first-order chi connectivity index (χ1) is 35.4. The number of unbranched alkanes of at least 4 members (excludes halogenated alkanes) is 3. The van der Waals surface area contributed by atoms with Crippen molar-refractivity contribution in [1.29, 1.82) is 0 Å². The fourth-order valence-electron chi connectivity index (χ4n) is 9.77. The van der Waals surface area contributed by atoms with Crippen LogP contribution in [0.2, 0.25) is 0 Å². The van der Waals surface area contributed by atoms with Gasteiger partial charge in [0.1, 0.15) is 17.3 Å². The highest BCUT2D eigenvalue weighted by molar-refractivity contribution is 7.23. The molecule has 5 heterocycles. The summed E-state index contributed by atoms with van der Waals surface area (Å²) < 4.78 is 23.8. The van der Waals surface area contributed by atoms with E-state index in [1.165, 1.54) is 71.4 Å². The van der Waals surface area contributed by atoms with E-state index < -0.39 is 0 Å². The van der Waals surface area contributed by atoms with Crippen LogP contribution < -0.4 is 9.47 Å². The third-order valence-corrected chi connectivity index (χ3v) is 16.8. The van der Waals surface area contributed by atoms with Crippen molar-refractivity contribution < 1.29 is 28.5 Å². The number of hydrogen-bond acceptors (Lipinski definition) is 9. The van der Waals surface area contributed by atoms with Crippen LogP contribution in [-0.4, -0.2) is 35.7 Å². The minimum absolute atomic E-state index is 0.194. The molecule has 73 heavy (non-hydrogen) atoms. The van der Waals surface area contributed by atoms with Crippen molar-refractivity contribution >= 4 is 45.6 Å². The molecule has 0 spiro atoms. The minimum Gasteiger partial charge on any atom is -0.469 e. The number of benzene rings is 5. The highest BCUT2D eigenvalue weighted by Gasteiger charge is 2.34. The quantitative estimate of drug-likeness (QED) is 0.0704. The zero-order chi connectivity index (χ0) is 51.1. The van der Waals surface area contributed by atoms with Crippen molar-refractivity contribution in [3.63, 3.8) is 0 Å². The molecule has 10 heteroatoms. The number of aromatic nitrogens is 2. The molecule has 0 radical (unpaired) electrons. The Morgan fingerprint density at radius 1 is 0.562 bits per heavy atom. The summed E-state index contributed by atoms with van der Waals surface area (Å²) in [5.41, 5.74) is 11.6. The second-order valence-corrected chi connectivity index (χ2v) is 22.0. The number of imidazole rings is 1. The van der Waals surface area contributed by atoms with Crippen LogP contribution in [0.3, 0.4) is 0 Å². The number of aryl methyl sites for hydroxylation is 1. The summed E-state index contributed by atoms with van der Waals surface area (Å²) in [6.45, 7) is 11.0. The van der Waals surface area contributed by atoms with Crippen molar-refractivity contribution in [3.8, 4) is 59.9 Å². The Morgan fingerprint density at radius 2 is 1.11 bits per heavy atom. The maximum Gasteiger partial charge on any atom is 0.305 e. The van der Waals surface area contributed by atoms with E-state index >= 15 is 0 Å². The Kier molecular flexibility index (Phi) is 15.6. The number of fused-ring (bicyclic) bond motifs is 3. The highest BCUT2D eigenvalue weighted by atomic mass is 32.1. The van der Waals surface area contributed by atoms with Crippen molar-refractivity contribution in [3.05, 3.63) is 179 Å². The maximum absolute atomic E-state index is 11.7. The number of hydrogen-bond donors (Lipinski definition) is 0. The molecule has 0 saturated carbocycles. The lowest BCUT2D eigenvalue weighted by atomic mass is 9.74. The van der Waals surface area contributed by atoms with Crippen LogP contribution in [0.5, 0.6) is 11.5 Å². The van der Waals surface area contributed by atoms with Gasteiger partial charge in [-0.2, -0.15) is 0 Å². The SMILES string of the molecule is CCCCCCc1ccc(-c2ccc(-c3ccc4c(c3)C(C)(C)C(CCC(=O)OC)=CO4)s2)s1.COC(=O)CCC1=COc2ccc(-c3ccc(-c4nc5ccccc5n4-c4ccccc4)cc3)cc2C1(C)C. The number of ether oxygens (including phenoxy) is 4. The zero-order valence-electron chi connectivity index (χ0n) is 43.0. The second-order valence-electron chi connectivity index (χ2n) is 19.8. The number of allylic oxidation sites excluding steroid dienone is 2. The highest BCUT2D eigenvalue weighted by Crippen LogP contribution is 2.47. The van der Waals surface area contributed by atoms with E-state index in [-0.39, 0.29) is 22.8 Å². The van der Waals surface area contributed by atoms with Crippen LogP contribution in [0, 0.1) is 0 Å². The Balaban J connectivity index is 0.000000182. The molecule has 2 aliphatic heterocycles. The van der Waals surface area contributed by atoms with Crippen molar-refractivity contribution in [1.82, 2.24) is 9.55 Å². The summed E-state index contributed by atoms with van der Waals surface area (Å²) in [5.74, 6) is 2.23. The summed E-state index contributed by atoms with van der Waals surface area (Å²) >= 11 is 3.78. The number of carbonyl (C=O) groups excluding carboxylic acids is 2. The first-order valence-electron chi connectivity index (χ1n) is 25.4. The van der Waals surface area contributed by atoms with E-state index in [9.17, 15) is 9.59 Å². The van der Waals surface area contributed by atoms with Gasteiger partial charge in [0, 0.05) is 65.6 Å². The Morgan fingerprint density at radius 3 is 1.75 bits per heavy atom. The molecule has 8 aromatic rings. The lowest BCUT2D eigenvalue weighted by Gasteiger charge is -2.34. The van der Waals surface area contributed by atoms with Gasteiger partial charge in [-0.1, -0.05) is 115 Å². The molecule has 0 saturated heterocycles. The van der Waals surface area contributed by atoms with E-state index in [1.807, 2.05) is 65.3 Å². The Bertz CT molecular complexity index is 3300. The van der Waals surface area contributed by atoms with Crippen molar-refractivity contribution in [2.45, 2.75) is 103 Å². The standard InChI is InChI=1S/C34H30N2O3.C29H34O3S2/c1-34(2)26(18-20-32(37)38-3)22-39-31-19-17-25(21-28(31)34)23-13-15-24(16-14-23)33-35-29-11-7-8-12-30(29)36(33)27-9-5-4-6-10-27;1-5-6-7-8-9-22-12-14-26(33-22)27-16-15-25(34-27)20-10-13-24-23(18-20)29(2,3)21(19-32-24)11-17-28(30)31-4/h4-17,19,21-22H,18,20H2,1-3H3;10,12-16,18-19H,5-9,11,17H2,1-4H3. The van der Waals surface area contributed by atoms with Gasteiger partial charge in [0.05, 0.1) is 37.8 Å². The normalized spacial score (nSPS) is 14.1. The Hall–Kier alpha value is -7.01. The van der Waals surface area contributed by atoms with Gasteiger partial charge in [-0.25, -0.2) is 4.98 Å². The molecule has 0 atom stereocenters. The molecule has 0 unspecified atom stereocenters. The lowest BCUT2D eigenvalue weighted by molar-refractivity contribution is -0.141. The molecule has 8 nitrogen and oxygen atoms in total. The number of methoxy groups -OCH3 is 2. The van der Waals surface area contributed by atoms with Gasteiger partial charge < -0.3 is 18.9 Å². The average molecular weight is 1010 g/mol. The molecule has 5 aromatic carbocycles. The van der Waals surface area contributed by atoms with E-state index in [2.05, 4.69) is 142 Å². The van der Waals surface area contributed by atoms with E-state index in [4.69, 9.17) is 23.9 Å². The van der Waals surface area contributed by atoms with Crippen molar-refractivity contribution in [2.24, 2.45) is 0 Å². The number of thiophene rings is 2. The molecule has 0 amide bonds. The van der Waals surface area contributed by atoms with Gasteiger partial charge in [-0.3, -0.25) is 14.2 Å². The van der Waals surface area contributed by atoms with Gasteiger partial charge >= 0.3 is 11.9 Å². The van der Waals surface area contributed by atoms with E-state index in [1.54, 1.807) is 6.26 Å². The van der Waals surface area contributed by atoms with Gasteiger partial charge in [-0.05, 0) is 132 Å². The average Bonchev–Trinajstić information content (AvgIpc) is 4.19. The first-order valence-corrected chi connectivity index (χ1v) is 27.0. The predicted molar refractivity (Wildman–Crippen MR) is 299 cm³/mol. The monoisotopic (exact) mass is 1010 g/mol.